The van der Waals surface area contributed by atoms with E-state index in [-0.39, 0.29) is 40.8 Å². The molecule has 216 valence electrons. The lowest BCUT2D eigenvalue weighted by Crippen LogP contribution is -2.72. The Balaban J connectivity index is 1.66. The highest BCUT2D eigenvalue weighted by Crippen LogP contribution is 2.68. The van der Waals surface area contributed by atoms with E-state index in [2.05, 4.69) is 0 Å². The maximum atomic E-state index is 14.5. The van der Waals surface area contributed by atoms with Crippen LogP contribution >= 0.6 is 0 Å². The Morgan fingerprint density at radius 3 is 2.44 bits per heavy atom. The third kappa shape index (κ3) is 3.52. The van der Waals surface area contributed by atoms with Crippen LogP contribution in [0.3, 0.4) is 0 Å². The van der Waals surface area contributed by atoms with E-state index in [0.717, 1.165) is 5.57 Å². The van der Waals surface area contributed by atoms with Crippen molar-refractivity contribution in [2.45, 2.75) is 90.1 Å². The number of phenols is 1. The largest absolute Gasteiger partial charge is 0.506 e. The summed E-state index contributed by atoms with van der Waals surface area (Å²) in [5.41, 5.74) is -2.14. The second-order valence-corrected chi connectivity index (χ2v) is 13.2. The van der Waals surface area contributed by atoms with Gasteiger partial charge in [-0.3, -0.25) is 9.59 Å². The Bertz CT molecular complexity index is 1560. The molecular formula is C33H36O8. The van der Waals surface area contributed by atoms with Crippen LogP contribution < -0.4 is 9.47 Å². The summed E-state index contributed by atoms with van der Waals surface area (Å²) in [4.78, 5) is 40.4. The number of allylic oxidation sites excluding steroid dienone is 3. The summed E-state index contributed by atoms with van der Waals surface area (Å²) in [7, 11) is 0. The Morgan fingerprint density at radius 2 is 1.78 bits per heavy atom. The molecule has 1 unspecified atom stereocenters. The number of ether oxygens (including phenoxy) is 3. The number of hydrogen-bond donors (Lipinski definition) is 2. The predicted molar refractivity (Wildman–Crippen MR) is 151 cm³/mol. The van der Waals surface area contributed by atoms with E-state index in [9.17, 15) is 24.6 Å². The van der Waals surface area contributed by atoms with Gasteiger partial charge in [-0.2, -0.15) is 0 Å². The van der Waals surface area contributed by atoms with Crippen molar-refractivity contribution in [3.8, 4) is 17.2 Å². The highest BCUT2D eigenvalue weighted by atomic mass is 16.6. The molecule has 3 aliphatic carbocycles. The van der Waals surface area contributed by atoms with Crippen LogP contribution in [0, 0.1) is 11.8 Å². The zero-order chi connectivity index (χ0) is 29.9. The fraction of sp³-hybridized carbons (Fsp3) is 0.485. The lowest BCUT2D eigenvalue weighted by molar-refractivity contribution is -0.171. The van der Waals surface area contributed by atoms with Crippen molar-refractivity contribution in [1.29, 1.82) is 0 Å². The zero-order valence-corrected chi connectivity index (χ0v) is 24.5. The molecule has 8 heteroatoms. The van der Waals surface area contributed by atoms with Gasteiger partial charge < -0.3 is 24.4 Å². The molecule has 8 nitrogen and oxygen atoms in total. The van der Waals surface area contributed by atoms with Crippen LogP contribution in [0.2, 0.25) is 0 Å². The van der Waals surface area contributed by atoms with Gasteiger partial charge in [0.2, 0.25) is 0 Å². The van der Waals surface area contributed by atoms with Gasteiger partial charge >= 0.3 is 5.97 Å². The standard InChI is InChI=1S/C33H36O8/c1-16(2)8-9-20-26-19(11-12-30(4,5)39-26)24(34)23-25(35)21-14-18-15-22-31(6,7)41-32(28(18)36,13-10-17(3)29(37)38)33(21,22)40-27(20)23/h8,10-12,14,18,22,34H,9,13,15H2,1-7H3,(H,37,38)/b17-10+/t18?,22-,32-,33+/m0/s1. The number of carbonyl (C=O) groups excluding carboxylic acids is 2. The van der Waals surface area contributed by atoms with Crippen molar-refractivity contribution in [2.75, 3.05) is 0 Å². The molecule has 0 aromatic heterocycles. The molecule has 0 radical (unpaired) electrons. The van der Waals surface area contributed by atoms with Gasteiger partial charge in [0.1, 0.15) is 28.4 Å². The minimum atomic E-state index is -1.61. The number of benzene rings is 1. The monoisotopic (exact) mass is 560 g/mol. The first-order chi connectivity index (χ1) is 19.1. The Labute approximate surface area is 239 Å². The van der Waals surface area contributed by atoms with Crippen LogP contribution in [0.1, 0.15) is 82.8 Å². The summed E-state index contributed by atoms with van der Waals surface area (Å²) in [5, 5.41) is 21.1. The number of carboxylic acid groups (broad SMARTS) is 1. The summed E-state index contributed by atoms with van der Waals surface area (Å²) in [6.07, 6.45) is 9.54. The minimum absolute atomic E-state index is 0.0513. The first kappa shape index (κ1) is 27.5. The van der Waals surface area contributed by atoms with E-state index in [4.69, 9.17) is 14.2 Å². The first-order valence-electron chi connectivity index (χ1n) is 14.1. The third-order valence-corrected chi connectivity index (χ3v) is 9.37. The van der Waals surface area contributed by atoms with Gasteiger partial charge in [-0.15, -0.1) is 0 Å². The zero-order valence-electron chi connectivity index (χ0n) is 24.5. The SMILES string of the molecule is CC(C)=CCc1c2c(c(O)c3c1O[C@]14C(=CC5C[C@H]1C(C)(C)O[C@@]4(C/C=C(\C)C(=O)O)C5=O)C3=O)C=CC(C)(C)O2. The highest BCUT2D eigenvalue weighted by Gasteiger charge is 2.81. The number of rotatable bonds is 5. The van der Waals surface area contributed by atoms with E-state index >= 15 is 0 Å². The molecule has 3 aliphatic heterocycles. The summed E-state index contributed by atoms with van der Waals surface area (Å²) in [5.74, 6) is -2.29. The number of Topliss-reactive ketones (excluding diaryl/α,β-unsaturated/α-hetero) is 2. The van der Waals surface area contributed by atoms with Crippen molar-refractivity contribution >= 4 is 23.6 Å². The number of fused-ring (bicyclic) bond motifs is 2. The molecular weight excluding hydrogens is 524 g/mol. The molecule has 0 amide bonds. The molecule has 3 heterocycles. The molecule has 4 atom stereocenters. The molecule has 2 N–H and O–H groups in total. The second-order valence-electron chi connectivity index (χ2n) is 13.2. The summed E-state index contributed by atoms with van der Waals surface area (Å²) < 4.78 is 20.1. The number of aromatic hydroxyl groups is 1. The maximum Gasteiger partial charge on any atom is 0.330 e. The topological polar surface area (TPSA) is 119 Å². The molecule has 7 rings (SSSR count). The van der Waals surface area contributed by atoms with Gasteiger partial charge in [-0.1, -0.05) is 23.8 Å². The first-order valence-corrected chi connectivity index (χ1v) is 14.1. The molecule has 6 aliphatic rings. The summed E-state index contributed by atoms with van der Waals surface area (Å²) >= 11 is 0. The van der Waals surface area contributed by atoms with Gasteiger partial charge in [-0.25, -0.2) is 4.79 Å². The number of carbonyl (C=O) groups is 3. The van der Waals surface area contributed by atoms with Crippen LogP contribution in [0.15, 0.2) is 41.0 Å². The van der Waals surface area contributed by atoms with Gasteiger partial charge in [0.15, 0.2) is 22.8 Å². The smallest absolute Gasteiger partial charge is 0.330 e. The predicted octanol–water partition coefficient (Wildman–Crippen LogP) is 5.51. The fourth-order valence-corrected chi connectivity index (χ4v) is 7.44. The molecule has 1 aromatic carbocycles. The maximum absolute atomic E-state index is 14.5. The molecule has 4 bridgehead atoms. The highest BCUT2D eigenvalue weighted by molar-refractivity contribution is 6.19. The van der Waals surface area contributed by atoms with Crippen molar-refractivity contribution in [2.24, 2.45) is 11.8 Å². The Hall–Kier alpha value is -3.65. The van der Waals surface area contributed by atoms with Gasteiger partial charge in [-0.05, 0) is 73.5 Å². The van der Waals surface area contributed by atoms with Crippen LogP contribution in [0.4, 0.5) is 0 Å². The molecule has 41 heavy (non-hydrogen) atoms. The average Bonchev–Trinajstić information content (AvgIpc) is 3.03. The van der Waals surface area contributed by atoms with Crippen molar-refractivity contribution in [1.82, 2.24) is 0 Å². The van der Waals surface area contributed by atoms with Crippen LogP contribution in [0.25, 0.3) is 6.08 Å². The van der Waals surface area contributed by atoms with Gasteiger partial charge in [0.25, 0.3) is 0 Å². The normalized spacial score (nSPS) is 31.4. The van der Waals surface area contributed by atoms with E-state index in [1.54, 1.807) is 12.2 Å². The summed E-state index contributed by atoms with van der Waals surface area (Å²) in [6.45, 7) is 13.0. The molecule has 2 fully saturated rings. The van der Waals surface area contributed by atoms with E-state index < -0.39 is 40.1 Å². The van der Waals surface area contributed by atoms with Crippen LogP contribution in [-0.2, 0) is 20.7 Å². The fourth-order valence-electron chi connectivity index (χ4n) is 7.44. The van der Waals surface area contributed by atoms with Crippen LogP contribution in [0.5, 0.6) is 17.2 Å². The Morgan fingerprint density at radius 1 is 1.07 bits per heavy atom. The van der Waals surface area contributed by atoms with Crippen LogP contribution in [-0.4, -0.2) is 50.2 Å². The molecule has 1 saturated heterocycles. The molecule has 1 saturated carbocycles. The van der Waals surface area contributed by atoms with Gasteiger partial charge in [0, 0.05) is 35.0 Å². The quantitative estimate of drug-likeness (QED) is 0.357. The van der Waals surface area contributed by atoms with Crippen molar-refractivity contribution in [3.63, 3.8) is 0 Å². The lowest BCUT2D eigenvalue weighted by atomic mass is 9.51. The number of carboxylic acids is 1. The second kappa shape index (κ2) is 8.44. The number of hydrogen-bond acceptors (Lipinski definition) is 7. The van der Waals surface area contributed by atoms with Crippen molar-refractivity contribution in [3.05, 3.63) is 57.7 Å². The minimum Gasteiger partial charge on any atom is -0.506 e. The Kier molecular flexibility index (Phi) is 5.67. The number of aliphatic carboxylic acids is 1. The van der Waals surface area contributed by atoms with Gasteiger partial charge in [0.05, 0.1) is 11.2 Å². The summed E-state index contributed by atoms with van der Waals surface area (Å²) in [6, 6.07) is 0. The average molecular weight is 561 g/mol. The van der Waals surface area contributed by atoms with E-state index in [0.29, 0.717) is 35.3 Å². The molecule has 1 aromatic rings. The van der Waals surface area contributed by atoms with E-state index in [1.807, 2.05) is 53.7 Å². The third-order valence-electron chi connectivity index (χ3n) is 9.37. The molecule has 1 spiro atoms. The number of phenolic OH excluding ortho intramolecular Hbond substituents is 1. The van der Waals surface area contributed by atoms with E-state index in [1.165, 1.54) is 13.0 Å². The number of ketones is 2. The van der Waals surface area contributed by atoms with Crippen molar-refractivity contribution < 1.29 is 38.8 Å². The lowest BCUT2D eigenvalue weighted by Gasteiger charge is -2.56.